The summed E-state index contributed by atoms with van der Waals surface area (Å²) in [7, 11) is 0. The van der Waals surface area contributed by atoms with Gasteiger partial charge in [-0.15, -0.1) is 0 Å². The summed E-state index contributed by atoms with van der Waals surface area (Å²) in [5.41, 5.74) is 11.4. The monoisotopic (exact) mass is 335 g/mol. The number of halogens is 2. The van der Waals surface area contributed by atoms with Crippen LogP contribution in [0.25, 0.3) is 0 Å². The molecule has 0 aliphatic heterocycles. The summed E-state index contributed by atoms with van der Waals surface area (Å²) in [6.07, 6.45) is 3.62. The van der Waals surface area contributed by atoms with Crippen molar-refractivity contribution in [1.82, 2.24) is 0 Å². The van der Waals surface area contributed by atoms with Gasteiger partial charge in [0.25, 0.3) is 0 Å². The van der Waals surface area contributed by atoms with Crippen LogP contribution >= 0.6 is 27.5 Å². The highest BCUT2D eigenvalue weighted by molar-refractivity contribution is 9.10. The molecule has 2 aromatic carbocycles. The van der Waals surface area contributed by atoms with E-state index in [1.54, 1.807) is 0 Å². The van der Waals surface area contributed by atoms with Gasteiger partial charge in [-0.3, -0.25) is 0 Å². The Morgan fingerprint density at radius 2 is 1.84 bits per heavy atom. The Bertz CT molecular complexity index is 624. The van der Waals surface area contributed by atoms with Crippen LogP contribution in [0, 0.1) is 0 Å². The van der Waals surface area contributed by atoms with Crippen LogP contribution in [0.2, 0.25) is 5.02 Å². The van der Waals surface area contributed by atoms with Crippen molar-refractivity contribution in [3.05, 3.63) is 68.1 Å². The van der Waals surface area contributed by atoms with E-state index in [2.05, 4.69) is 34.1 Å². The minimum absolute atomic E-state index is 0.170. The summed E-state index contributed by atoms with van der Waals surface area (Å²) in [6, 6.07) is 12.2. The highest BCUT2D eigenvalue weighted by Crippen LogP contribution is 2.31. The largest absolute Gasteiger partial charge is 0.320 e. The molecule has 3 rings (SSSR count). The third-order valence-electron chi connectivity index (χ3n) is 3.77. The fraction of sp³-hybridized carbons (Fsp3) is 0.250. The van der Waals surface area contributed by atoms with Gasteiger partial charge in [-0.05, 0) is 59.7 Å². The topological polar surface area (TPSA) is 26.0 Å². The van der Waals surface area contributed by atoms with Gasteiger partial charge in [0.15, 0.2) is 0 Å². The molecule has 0 radical (unpaired) electrons. The normalized spacial score (nSPS) is 15.3. The molecule has 0 saturated heterocycles. The first-order chi connectivity index (χ1) is 9.15. The van der Waals surface area contributed by atoms with E-state index in [4.69, 9.17) is 17.3 Å². The Labute approximate surface area is 126 Å². The Kier molecular flexibility index (Phi) is 3.66. The second-order valence-electron chi connectivity index (χ2n) is 5.03. The standard InChI is InChI=1S/C16H15BrClN/c17-13-6-7-15(18)14(9-13)16(19)12-5-4-10-2-1-3-11(10)8-12/h4-9,16H,1-3,19H2. The Balaban J connectivity index is 1.99. The molecule has 0 heterocycles. The average molecular weight is 337 g/mol. The lowest BCUT2D eigenvalue weighted by molar-refractivity contribution is 0.866. The number of aryl methyl sites for hydroxylation is 2. The van der Waals surface area contributed by atoms with Gasteiger partial charge in [0.2, 0.25) is 0 Å². The number of rotatable bonds is 2. The minimum Gasteiger partial charge on any atom is -0.320 e. The summed E-state index contributed by atoms with van der Waals surface area (Å²) in [4.78, 5) is 0. The molecule has 0 aromatic heterocycles. The predicted molar refractivity (Wildman–Crippen MR) is 83.6 cm³/mol. The van der Waals surface area contributed by atoms with Crippen LogP contribution < -0.4 is 5.73 Å². The smallest absolute Gasteiger partial charge is 0.0566 e. The Morgan fingerprint density at radius 3 is 2.68 bits per heavy atom. The zero-order valence-electron chi connectivity index (χ0n) is 10.5. The van der Waals surface area contributed by atoms with E-state index in [1.807, 2.05) is 18.2 Å². The molecule has 1 aliphatic carbocycles. The van der Waals surface area contributed by atoms with Gasteiger partial charge in [0, 0.05) is 9.50 Å². The molecule has 0 spiro atoms. The maximum absolute atomic E-state index is 6.37. The van der Waals surface area contributed by atoms with Crippen LogP contribution in [0.4, 0.5) is 0 Å². The van der Waals surface area contributed by atoms with Gasteiger partial charge >= 0.3 is 0 Å². The van der Waals surface area contributed by atoms with Crippen molar-refractivity contribution in [3.63, 3.8) is 0 Å². The van der Waals surface area contributed by atoms with Crippen molar-refractivity contribution < 1.29 is 0 Å². The molecule has 3 heteroatoms. The zero-order valence-corrected chi connectivity index (χ0v) is 12.8. The van der Waals surface area contributed by atoms with Crippen molar-refractivity contribution >= 4 is 27.5 Å². The average Bonchev–Trinajstić information content (AvgIpc) is 2.88. The lowest BCUT2D eigenvalue weighted by Crippen LogP contribution is -2.12. The molecule has 2 aromatic rings. The summed E-state index contributed by atoms with van der Waals surface area (Å²) >= 11 is 9.73. The van der Waals surface area contributed by atoms with Gasteiger partial charge in [-0.1, -0.05) is 45.7 Å². The first kappa shape index (κ1) is 13.2. The quantitative estimate of drug-likeness (QED) is 0.849. The van der Waals surface area contributed by atoms with Gasteiger partial charge in [0.1, 0.15) is 0 Å². The lowest BCUT2D eigenvalue weighted by Gasteiger charge is -2.16. The highest BCUT2D eigenvalue weighted by atomic mass is 79.9. The summed E-state index contributed by atoms with van der Waals surface area (Å²) in [5.74, 6) is 0. The minimum atomic E-state index is -0.170. The first-order valence-corrected chi connectivity index (χ1v) is 7.64. The van der Waals surface area contributed by atoms with Crippen LogP contribution in [-0.2, 0) is 12.8 Å². The van der Waals surface area contributed by atoms with Crippen LogP contribution in [-0.4, -0.2) is 0 Å². The molecule has 0 saturated carbocycles. The second kappa shape index (κ2) is 5.28. The molecule has 2 N–H and O–H groups in total. The van der Waals surface area contributed by atoms with E-state index >= 15 is 0 Å². The second-order valence-corrected chi connectivity index (χ2v) is 6.35. The maximum Gasteiger partial charge on any atom is 0.0566 e. The van der Waals surface area contributed by atoms with Crippen LogP contribution in [0.3, 0.4) is 0 Å². The fourth-order valence-electron chi connectivity index (χ4n) is 2.72. The van der Waals surface area contributed by atoms with Gasteiger partial charge in [-0.25, -0.2) is 0 Å². The molecule has 1 unspecified atom stereocenters. The number of fused-ring (bicyclic) bond motifs is 1. The highest BCUT2D eigenvalue weighted by Gasteiger charge is 2.16. The SMILES string of the molecule is NC(c1ccc2c(c1)CCC2)c1cc(Br)ccc1Cl. The fourth-order valence-corrected chi connectivity index (χ4v) is 3.33. The zero-order chi connectivity index (χ0) is 13.4. The van der Waals surface area contributed by atoms with E-state index < -0.39 is 0 Å². The van der Waals surface area contributed by atoms with Crippen molar-refractivity contribution in [2.75, 3.05) is 0 Å². The molecule has 1 atom stereocenters. The molecular weight excluding hydrogens is 322 g/mol. The van der Waals surface area contributed by atoms with Crippen LogP contribution in [0.15, 0.2) is 40.9 Å². The molecule has 1 nitrogen and oxygen atoms in total. The summed E-state index contributed by atoms with van der Waals surface area (Å²) in [6.45, 7) is 0. The predicted octanol–water partition coefficient (Wildman–Crippen LogP) is 4.64. The molecular formula is C16H15BrClN. The van der Waals surface area contributed by atoms with E-state index in [1.165, 1.54) is 30.4 Å². The third kappa shape index (κ3) is 2.58. The van der Waals surface area contributed by atoms with Gasteiger partial charge in [-0.2, -0.15) is 0 Å². The number of nitrogens with two attached hydrogens (primary N) is 1. The first-order valence-electron chi connectivity index (χ1n) is 6.47. The number of hydrogen-bond acceptors (Lipinski definition) is 1. The van der Waals surface area contributed by atoms with Crippen molar-refractivity contribution in [1.29, 1.82) is 0 Å². The van der Waals surface area contributed by atoms with Crippen molar-refractivity contribution in [3.8, 4) is 0 Å². The van der Waals surface area contributed by atoms with Gasteiger partial charge in [0.05, 0.1) is 6.04 Å². The van der Waals surface area contributed by atoms with Gasteiger partial charge < -0.3 is 5.73 Å². The molecule has 0 amide bonds. The molecule has 0 fully saturated rings. The summed E-state index contributed by atoms with van der Waals surface area (Å²) < 4.78 is 1.00. The lowest BCUT2D eigenvalue weighted by atomic mass is 9.96. The van der Waals surface area contributed by atoms with E-state index in [0.29, 0.717) is 0 Å². The van der Waals surface area contributed by atoms with E-state index in [-0.39, 0.29) is 6.04 Å². The van der Waals surface area contributed by atoms with Crippen LogP contribution in [0.1, 0.15) is 34.7 Å². The molecule has 19 heavy (non-hydrogen) atoms. The summed E-state index contributed by atoms with van der Waals surface area (Å²) in [5, 5.41) is 0.719. The number of benzene rings is 2. The molecule has 1 aliphatic rings. The van der Waals surface area contributed by atoms with Crippen molar-refractivity contribution in [2.45, 2.75) is 25.3 Å². The van der Waals surface area contributed by atoms with E-state index in [0.717, 1.165) is 20.6 Å². The third-order valence-corrected chi connectivity index (χ3v) is 4.61. The Hall–Kier alpha value is -0.830. The maximum atomic E-state index is 6.37. The molecule has 98 valence electrons. The Morgan fingerprint density at radius 1 is 1.05 bits per heavy atom. The van der Waals surface area contributed by atoms with Crippen molar-refractivity contribution in [2.24, 2.45) is 5.73 Å². The molecule has 0 bridgehead atoms. The number of hydrogen-bond donors (Lipinski definition) is 1. The van der Waals surface area contributed by atoms with Crippen LogP contribution in [0.5, 0.6) is 0 Å². The van der Waals surface area contributed by atoms with E-state index in [9.17, 15) is 0 Å².